The maximum Gasteiger partial charge on any atom is 0.328 e. The number of rotatable bonds is 9. The molecule has 0 bridgehead atoms. The second-order valence-corrected chi connectivity index (χ2v) is 6.27. The molecular weight excluding hydrogens is 374 g/mol. The van der Waals surface area contributed by atoms with Gasteiger partial charge in [-0.3, -0.25) is 0 Å². The summed E-state index contributed by atoms with van der Waals surface area (Å²) in [6.07, 6.45) is 2.06. The third-order valence-electron chi connectivity index (χ3n) is 3.72. The van der Waals surface area contributed by atoms with Gasteiger partial charge in [-0.25, -0.2) is 9.59 Å². The molecule has 2 N–H and O–H groups in total. The number of carboxylic acid groups (broad SMARTS) is 2. The fraction of sp³-hybridized carbons (Fsp3) is 0.273. The third-order valence-corrected chi connectivity index (χ3v) is 3.72. The zero-order valence-corrected chi connectivity index (χ0v) is 16.8. The molecule has 1 unspecified atom stereocenters. The predicted octanol–water partition coefficient (Wildman–Crippen LogP) is 3.48. The fourth-order valence-corrected chi connectivity index (χ4v) is 2.35. The Kier molecular flexibility index (Phi) is 10.6. The van der Waals surface area contributed by atoms with Crippen molar-refractivity contribution in [3.8, 4) is 11.5 Å². The summed E-state index contributed by atoms with van der Waals surface area (Å²) in [7, 11) is 5.82. The molecule has 2 rings (SSSR count). The number of methoxy groups -OCH3 is 1. The number of nitrogens with zero attached hydrogens (tertiary/aromatic N) is 1. The molecule has 0 amide bonds. The molecule has 0 aliphatic heterocycles. The normalized spacial score (nSPS) is 11.4. The molecule has 2 aromatic rings. The smallest absolute Gasteiger partial charge is 0.328 e. The van der Waals surface area contributed by atoms with Gasteiger partial charge in [-0.1, -0.05) is 42.5 Å². The second-order valence-electron chi connectivity index (χ2n) is 6.27. The van der Waals surface area contributed by atoms with Crippen LogP contribution in [0.15, 0.2) is 66.7 Å². The minimum Gasteiger partial charge on any atom is -0.493 e. The van der Waals surface area contributed by atoms with Crippen molar-refractivity contribution in [1.82, 2.24) is 4.90 Å². The number of benzene rings is 2. The molecule has 0 saturated heterocycles. The van der Waals surface area contributed by atoms with Crippen molar-refractivity contribution in [1.29, 1.82) is 0 Å². The number of aliphatic carboxylic acids is 2. The van der Waals surface area contributed by atoms with Gasteiger partial charge < -0.3 is 24.6 Å². The van der Waals surface area contributed by atoms with Crippen molar-refractivity contribution in [2.75, 3.05) is 27.7 Å². The van der Waals surface area contributed by atoms with E-state index < -0.39 is 11.9 Å². The maximum atomic E-state index is 9.55. The van der Waals surface area contributed by atoms with Gasteiger partial charge in [-0.05, 0) is 31.8 Å². The van der Waals surface area contributed by atoms with E-state index in [1.165, 1.54) is 5.56 Å². The molecule has 0 fully saturated rings. The summed E-state index contributed by atoms with van der Waals surface area (Å²) in [5, 5.41) is 15.6. The van der Waals surface area contributed by atoms with Crippen LogP contribution < -0.4 is 9.47 Å². The van der Waals surface area contributed by atoms with Gasteiger partial charge in [0.1, 0.15) is 6.10 Å². The van der Waals surface area contributed by atoms with Crippen LogP contribution in [0.5, 0.6) is 11.5 Å². The minimum absolute atomic E-state index is 0.0184. The predicted molar refractivity (Wildman–Crippen MR) is 110 cm³/mol. The van der Waals surface area contributed by atoms with Gasteiger partial charge in [-0.2, -0.15) is 0 Å². The highest BCUT2D eigenvalue weighted by Crippen LogP contribution is 2.32. The molecule has 0 radical (unpaired) electrons. The van der Waals surface area contributed by atoms with E-state index in [-0.39, 0.29) is 6.10 Å². The molecule has 0 spiro atoms. The highest BCUT2D eigenvalue weighted by Gasteiger charge is 2.15. The SMILES string of the molecule is COc1ccccc1OC(CCN(C)C)c1ccccc1.O=C(O)C=CC(=O)O. The van der Waals surface area contributed by atoms with Crippen molar-refractivity contribution >= 4 is 11.9 Å². The molecular formula is C22H27NO6. The Morgan fingerprint density at radius 1 is 0.931 bits per heavy atom. The molecule has 29 heavy (non-hydrogen) atoms. The summed E-state index contributed by atoms with van der Waals surface area (Å²) in [6.45, 7) is 0.967. The lowest BCUT2D eigenvalue weighted by Crippen LogP contribution is -2.19. The number of hydrogen-bond acceptors (Lipinski definition) is 5. The second kappa shape index (κ2) is 13.0. The van der Waals surface area contributed by atoms with Gasteiger partial charge in [0.05, 0.1) is 7.11 Å². The summed E-state index contributed by atoms with van der Waals surface area (Å²) < 4.78 is 11.6. The molecule has 156 valence electrons. The summed E-state index contributed by atoms with van der Waals surface area (Å²) in [5.41, 5.74) is 1.19. The van der Waals surface area contributed by atoms with E-state index in [0.717, 1.165) is 24.5 Å². The Labute approximate surface area is 170 Å². The number of carbonyl (C=O) groups is 2. The summed E-state index contributed by atoms with van der Waals surface area (Å²) in [4.78, 5) is 21.3. The average Bonchev–Trinajstić information content (AvgIpc) is 2.71. The summed E-state index contributed by atoms with van der Waals surface area (Å²) in [6, 6.07) is 18.1. The van der Waals surface area contributed by atoms with Gasteiger partial charge in [0, 0.05) is 25.1 Å². The summed E-state index contributed by atoms with van der Waals surface area (Å²) in [5.74, 6) is -0.962. The van der Waals surface area contributed by atoms with E-state index in [2.05, 4.69) is 31.1 Å². The molecule has 0 heterocycles. The molecule has 1 atom stereocenters. The van der Waals surface area contributed by atoms with Crippen LogP contribution in [-0.2, 0) is 9.59 Å². The fourth-order valence-electron chi connectivity index (χ4n) is 2.35. The number of carboxylic acids is 2. The molecule has 7 heteroatoms. The van der Waals surface area contributed by atoms with Crippen molar-refractivity contribution in [3.63, 3.8) is 0 Å². The van der Waals surface area contributed by atoms with Crippen molar-refractivity contribution < 1.29 is 29.3 Å². The van der Waals surface area contributed by atoms with E-state index in [4.69, 9.17) is 19.7 Å². The zero-order chi connectivity index (χ0) is 21.6. The van der Waals surface area contributed by atoms with E-state index in [0.29, 0.717) is 12.2 Å². The van der Waals surface area contributed by atoms with Gasteiger partial charge in [0.15, 0.2) is 11.5 Å². The van der Waals surface area contributed by atoms with Crippen molar-refractivity contribution in [3.05, 3.63) is 72.3 Å². The first-order chi connectivity index (χ1) is 13.8. The first-order valence-corrected chi connectivity index (χ1v) is 8.96. The highest BCUT2D eigenvalue weighted by molar-refractivity contribution is 5.89. The van der Waals surface area contributed by atoms with E-state index >= 15 is 0 Å². The van der Waals surface area contributed by atoms with Crippen LogP contribution >= 0.6 is 0 Å². The Balaban J connectivity index is 0.000000447. The van der Waals surface area contributed by atoms with Crippen LogP contribution in [0.3, 0.4) is 0 Å². The Bertz CT molecular complexity index is 773. The standard InChI is InChI=1S/C18H23NO2.C4H4O4/c1-19(2)14-13-16(15-9-5-4-6-10-15)21-18-12-8-7-11-17(18)20-3;5-3(6)1-2-4(7)8/h4-12,16H,13-14H2,1-3H3;1-2H,(H,5,6)(H,7,8). The van der Waals surface area contributed by atoms with Crippen LogP contribution in [0.25, 0.3) is 0 Å². The lowest BCUT2D eigenvalue weighted by atomic mass is 10.1. The van der Waals surface area contributed by atoms with Crippen LogP contribution in [0.1, 0.15) is 18.1 Å². The van der Waals surface area contributed by atoms with Crippen LogP contribution in [0, 0.1) is 0 Å². The first-order valence-electron chi connectivity index (χ1n) is 8.96. The quantitative estimate of drug-likeness (QED) is 0.621. The van der Waals surface area contributed by atoms with Crippen molar-refractivity contribution in [2.45, 2.75) is 12.5 Å². The lowest BCUT2D eigenvalue weighted by Gasteiger charge is -2.22. The zero-order valence-electron chi connectivity index (χ0n) is 16.8. The first kappa shape index (κ1) is 23.7. The monoisotopic (exact) mass is 401 g/mol. The van der Waals surface area contributed by atoms with E-state index in [1.54, 1.807) is 7.11 Å². The molecule has 0 aliphatic rings. The summed E-state index contributed by atoms with van der Waals surface area (Å²) >= 11 is 0. The number of para-hydroxylation sites is 2. The largest absolute Gasteiger partial charge is 0.493 e. The Morgan fingerprint density at radius 3 is 1.93 bits per heavy atom. The minimum atomic E-state index is -1.26. The van der Waals surface area contributed by atoms with Crippen LogP contribution in [-0.4, -0.2) is 54.8 Å². The average molecular weight is 401 g/mol. The maximum absolute atomic E-state index is 9.55. The molecule has 0 saturated carbocycles. The van der Waals surface area contributed by atoms with Gasteiger partial charge >= 0.3 is 11.9 Å². The number of ether oxygens (including phenoxy) is 2. The van der Waals surface area contributed by atoms with Crippen LogP contribution in [0.4, 0.5) is 0 Å². The Morgan fingerprint density at radius 2 is 1.45 bits per heavy atom. The molecule has 0 aliphatic carbocycles. The van der Waals surface area contributed by atoms with Gasteiger partial charge in [0.25, 0.3) is 0 Å². The lowest BCUT2D eigenvalue weighted by molar-refractivity contribution is -0.134. The van der Waals surface area contributed by atoms with Crippen molar-refractivity contribution in [2.24, 2.45) is 0 Å². The third kappa shape index (κ3) is 9.97. The topological polar surface area (TPSA) is 96.3 Å². The van der Waals surface area contributed by atoms with Crippen LogP contribution in [0.2, 0.25) is 0 Å². The highest BCUT2D eigenvalue weighted by atomic mass is 16.5. The number of hydrogen-bond donors (Lipinski definition) is 2. The van der Waals surface area contributed by atoms with E-state index in [9.17, 15) is 9.59 Å². The molecule has 7 nitrogen and oxygen atoms in total. The molecule has 2 aromatic carbocycles. The van der Waals surface area contributed by atoms with E-state index in [1.807, 2.05) is 42.5 Å². The molecule has 0 aromatic heterocycles. The van der Waals surface area contributed by atoms with Gasteiger partial charge in [-0.15, -0.1) is 0 Å². The van der Waals surface area contributed by atoms with Gasteiger partial charge in [0.2, 0.25) is 0 Å². The Hall–Kier alpha value is -3.32.